The molecule has 0 fully saturated rings. The van der Waals surface area contributed by atoms with Crippen LogP contribution in [0.25, 0.3) is 0 Å². The van der Waals surface area contributed by atoms with Crippen molar-refractivity contribution in [3.05, 3.63) is 34.9 Å². The quantitative estimate of drug-likeness (QED) is 0.759. The number of hydrogen-bond acceptors (Lipinski definition) is 2. The Labute approximate surface area is 109 Å². The second kappa shape index (κ2) is 5.35. The standard InChI is InChI=1S/C16H19NO/c1-11(2)15(10-17)16(18)14-8-7-12-5-3-4-6-13(12)9-14/h7-9,11,15H,3-6H2,1-2H3. The molecular formula is C16H19NO. The molecule has 1 aromatic carbocycles. The Hall–Kier alpha value is -1.62. The van der Waals surface area contributed by atoms with Gasteiger partial charge in [0.15, 0.2) is 5.78 Å². The fourth-order valence-electron chi connectivity index (χ4n) is 2.58. The molecule has 0 bridgehead atoms. The number of benzene rings is 1. The summed E-state index contributed by atoms with van der Waals surface area (Å²) in [6.07, 6.45) is 4.63. The van der Waals surface area contributed by atoms with Gasteiger partial charge in [0.25, 0.3) is 0 Å². The molecule has 0 radical (unpaired) electrons. The lowest BCUT2D eigenvalue weighted by Gasteiger charge is -2.17. The topological polar surface area (TPSA) is 40.9 Å². The second-order valence-corrected chi connectivity index (χ2v) is 5.41. The highest BCUT2D eigenvalue weighted by atomic mass is 16.1. The van der Waals surface area contributed by atoms with Crippen molar-refractivity contribution in [2.45, 2.75) is 39.5 Å². The van der Waals surface area contributed by atoms with Gasteiger partial charge in [0, 0.05) is 5.56 Å². The number of carbonyl (C=O) groups excluding carboxylic acids is 1. The maximum atomic E-state index is 12.3. The van der Waals surface area contributed by atoms with E-state index >= 15 is 0 Å². The summed E-state index contributed by atoms with van der Waals surface area (Å²) >= 11 is 0. The van der Waals surface area contributed by atoms with E-state index in [-0.39, 0.29) is 11.7 Å². The van der Waals surface area contributed by atoms with E-state index < -0.39 is 5.92 Å². The van der Waals surface area contributed by atoms with Gasteiger partial charge in [-0.15, -0.1) is 0 Å². The van der Waals surface area contributed by atoms with Crippen LogP contribution in [0, 0.1) is 23.2 Å². The summed E-state index contributed by atoms with van der Waals surface area (Å²) in [5, 5.41) is 9.10. The van der Waals surface area contributed by atoms with Crippen LogP contribution in [0.4, 0.5) is 0 Å². The van der Waals surface area contributed by atoms with Gasteiger partial charge in [-0.3, -0.25) is 4.79 Å². The number of hydrogen-bond donors (Lipinski definition) is 0. The highest BCUT2D eigenvalue weighted by molar-refractivity contribution is 5.99. The maximum absolute atomic E-state index is 12.3. The lowest BCUT2D eigenvalue weighted by molar-refractivity contribution is 0.0924. The van der Waals surface area contributed by atoms with Crippen LogP contribution in [0.2, 0.25) is 0 Å². The van der Waals surface area contributed by atoms with Crippen molar-refractivity contribution in [2.24, 2.45) is 11.8 Å². The van der Waals surface area contributed by atoms with Crippen molar-refractivity contribution in [1.29, 1.82) is 5.26 Å². The van der Waals surface area contributed by atoms with E-state index in [9.17, 15) is 4.79 Å². The van der Waals surface area contributed by atoms with E-state index in [1.54, 1.807) is 0 Å². The number of ketones is 1. The predicted molar refractivity (Wildman–Crippen MR) is 71.4 cm³/mol. The van der Waals surface area contributed by atoms with Crippen LogP contribution in [0.1, 0.15) is 48.2 Å². The van der Waals surface area contributed by atoms with Crippen LogP contribution < -0.4 is 0 Å². The molecule has 2 nitrogen and oxygen atoms in total. The molecule has 1 aliphatic carbocycles. The zero-order valence-electron chi connectivity index (χ0n) is 11.1. The molecule has 94 valence electrons. The third kappa shape index (κ3) is 2.46. The summed E-state index contributed by atoms with van der Waals surface area (Å²) in [7, 11) is 0. The van der Waals surface area contributed by atoms with Gasteiger partial charge in [-0.25, -0.2) is 0 Å². The van der Waals surface area contributed by atoms with E-state index in [1.165, 1.54) is 24.0 Å². The number of aryl methyl sites for hydroxylation is 2. The minimum Gasteiger partial charge on any atom is -0.293 e. The van der Waals surface area contributed by atoms with Gasteiger partial charge >= 0.3 is 0 Å². The van der Waals surface area contributed by atoms with Gasteiger partial charge in [-0.05, 0) is 48.8 Å². The summed E-state index contributed by atoms with van der Waals surface area (Å²) in [5.41, 5.74) is 3.37. The summed E-state index contributed by atoms with van der Waals surface area (Å²) in [6, 6.07) is 8.09. The van der Waals surface area contributed by atoms with Crippen molar-refractivity contribution in [2.75, 3.05) is 0 Å². The molecule has 0 heterocycles. The minimum absolute atomic E-state index is 0.0270. The van der Waals surface area contributed by atoms with Gasteiger partial charge in [-0.2, -0.15) is 5.26 Å². The van der Waals surface area contributed by atoms with E-state index in [4.69, 9.17) is 5.26 Å². The number of nitrogens with zero attached hydrogens (tertiary/aromatic N) is 1. The minimum atomic E-state index is -0.522. The third-order valence-electron chi connectivity index (χ3n) is 3.72. The zero-order valence-corrected chi connectivity index (χ0v) is 11.1. The molecule has 1 atom stereocenters. The van der Waals surface area contributed by atoms with E-state index in [2.05, 4.69) is 12.1 Å². The maximum Gasteiger partial charge on any atom is 0.180 e. The van der Waals surface area contributed by atoms with Crippen LogP contribution >= 0.6 is 0 Å². The molecule has 1 unspecified atom stereocenters. The lowest BCUT2D eigenvalue weighted by atomic mass is 9.85. The van der Waals surface area contributed by atoms with E-state index in [0.29, 0.717) is 5.56 Å². The summed E-state index contributed by atoms with van der Waals surface area (Å²) in [5.74, 6) is -0.481. The van der Waals surface area contributed by atoms with Gasteiger partial charge < -0.3 is 0 Å². The average molecular weight is 241 g/mol. The molecule has 0 aromatic heterocycles. The molecule has 0 saturated carbocycles. The number of Topliss-reactive ketones (excluding diaryl/α,β-unsaturated/α-hetero) is 1. The number of nitriles is 1. The molecule has 18 heavy (non-hydrogen) atoms. The zero-order chi connectivity index (χ0) is 13.1. The Kier molecular flexibility index (Phi) is 3.81. The van der Waals surface area contributed by atoms with Gasteiger partial charge in [-0.1, -0.05) is 26.0 Å². The van der Waals surface area contributed by atoms with Gasteiger partial charge in [0.05, 0.1) is 6.07 Å². The highest BCUT2D eigenvalue weighted by Crippen LogP contribution is 2.24. The first-order valence-corrected chi connectivity index (χ1v) is 6.69. The smallest absolute Gasteiger partial charge is 0.180 e. The largest absolute Gasteiger partial charge is 0.293 e. The normalized spacial score (nSPS) is 15.9. The summed E-state index contributed by atoms with van der Waals surface area (Å²) < 4.78 is 0. The molecular weight excluding hydrogens is 222 g/mol. The molecule has 0 N–H and O–H groups in total. The summed E-state index contributed by atoms with van der Waals surface area (Å²) in [4.78, 5) is 12.3. The Morgan fingerprint density at radius 2 is 1.89 bits per heavy atom. The third-order valence-corrected chi connectivity index (χ3v) is 3.72. The monoisotopic (exact) mass is 241 g/mol. The van der Waals surface area contributed by atoms with Gasteiger partial charge in [0.1, 0.15) is 5.92 Å². The molecule has 0 amide bonds. The average Bonchev–Trinajstić information content (AvgIpc) is 2.38. The molecule has 1 aromatic rings. The summed E-state index contributed by atoms with van der Waals surface area (Å²) in [6.45, 7) is 3.84. The van der Waals surface area contributed by atoms with Crippen molar-refractivity contribution in [3.8, 4) is 6.07 Å². The Bertz CT molecular complexity index is 496. The van der Waals surface area contributed by atoms with Crippen LogP contribution in [0.15, 0.2) is 18.2 Å². The van der Waals surface area contributed by atoms with Crippen molar-refractivity contribution >= 4 is 5.78 Å². The Balaban J connectivity index is 2.29. The van der Waals surface area contributed by atoms with E-state index in [0.717, 1.165) is 12.8 Å². The first kappa shape index (κ1) is 12.8. The molecule has 1 aliphatic rings. The van der Waals surface area contributed by atoms with Crippen LogP contribution in [0.5, 0.6) is 0 Å². The van der Waals surface area contributed by atoms with Crippen LogP contribution in [-0.4, -0.2) is 5.78 Å². The molecule has 0 spiro atoms. The number of carbonyl (C=O) groups is 1. The van der Waals surface area contributed by atoms with Crippen LogP contribution in [0.3, 0.4) is 0 Å². The first-order valence-electron chi connectivity index (χ1n) is 6.69. The van der Waals surface area contributed by atoms with Gasteiger partial charge in [0.2, 0.25) is 0 Å². The fourth-order valence-corrected chi connectivity index (χ4v) is 2.58. The molecule has 2 heteroatoms. The molecule has 0 aliphatic heterocycles. The SMILES string of the molecule is CC(C)C(C#N)C(=O)c1ccc2c(c1)CCCC2. The lowest BCUT2D eigenvalue weighted by Crippen LogP contribution is -2.19. The van der Waals surface area contributed by atoms with Crippen LogP contribution in [-0.2, 0) is 12.8 Å². The second-order valence-electron chi connectivity index (χ2n) is 5.41. The Morgan fingerprint density at radius 3 is 2.50 bits per heavy atom. The highest BCUT2D eigenvalue weighted by Gasteiger charge is 2.23. The first-order chi connectivity index (χ1) is 8.63. The fraction of sp³-hybridized carbons (Fsp3) is 0.500. The molecule has 0 saturated heterocycles. The van der Waals surface area contributed by atoms with Crippen molar-refractivity contribution in [1.82, 2.24) is 0 Å². The Morgan fingerprint density at radius 1 is 1.22 bits per heavy atom. The van der Waals surface area contributed by atoms with Crippen molar-refractivity contribution in [3.63, 3.8) is 0 Å². The molecule has 2 rings (SSSR count). The number of rotatable bonds is 3. The van der Waals surface area contributed by atoms with E-state index in [1.807, 2.05) is 26.0 Å². The number of fused-ring (bicyclic) bond motifs is 1. The predicted octanol–water partition coefficient (Wildman–Crippen LogP) is 3.54. The van der Waals surface area contributed by atoms with Crippen molar-refractivity contribution < 1.29 is 4.79 Å².